The Balaban J connectivity index is 1.88. The van der Waals surface area contributed by atoms with Crippen molar-refractivity contribution in [2.75, 3.05) is 19.6 Å². The van der Waals surface area contributed by atoms with Crippen molar-refractivity contribution < 1.29 is 0 Å². The van der Waals surface area contributed by atoms with E-state index in [4.69, 9.17) is 18.0 Å². The first-order chi connectivity index (χ1) is 9.72. The highest BCUT2D eigenvalue weighted by atomic mass is 35.5. The summed E-state index contributed by atoms with van der Waals surface area (Å²) in [6.45, 7) is 5.19. The fourth-order valence-corrected chi connectivity index (χ4v) is 2.94. The fourth-order valence-electron chi connectivity index (χ4n) is 2.82. The van der Waals surface area contributed by atoms with E-state index in [-0.39, 0.29) is 0 Å². The molecule has 1 N–H and O–H groups in total. The number of hydrogen-bond acceptors (Lipinski definition) is 2. The van der Waals surface area contributed by atoms with Gasteiger partial charge < -0.3 is 5.32 Å². The third-order valence-electron chi connectivity index (χ3n) is 4.02. The summed E-state index contributed by atoms with van der Waals surface area (Å²) in [6, 6.07) is 9.18. The first-order valence-corrected chi connectivity index (χ1v) is 7.78. The Hall–Kier alpha value is -1.01. The number of nitrogens with zero attached hydrogens (tertiary/aromatic N) is 1. The molecule has 1 unspecified atom stereocenters. The molecule has 1 heterocycles. The standard InChI is InChI=1S/C17H23ClN2/c1-3-11-20-12-9-16(10-13-20)19-17(4-2)14-5-7-15(18)8-6-14/h1,5-8,16-17,19H,4,9-13H2,2H3. The topological polar surface area (TPSA) is 15.3 Å². The molecule has 0 spiro atoms. The molecule has 1 aromatic carbocycles. The summed E-state index contributed by atoms with van der Waals surface area (Å²) in [5.74, 6) is 2.73. The van der Waals surface area contributed by atoms with Gasteiger partial charge in [0.1, 0.15) is 0 Å². The first-order valence-electron chi connectivity index (χ1n) is 7.40. The van der Waals surface area contributed by atoms with Gasteiger partial charge in [-0.15, -0.1) is 6.42 Å². The highest BCUT2D eigenvalue weighted by Crippen LogP contribution is 2.22. The largest absolute Gasteiger partial charge is 0.307 e. The molecule has 1 aliphatic rings. The number of benzene rings is 1. The predicted octanol–water partition coefficient (Wildman–Crippen LogP) is 3.48. The minimum absolute atomic E-state index is 0.413. The molecule has 0 saturated carbocycles. The van der Waals surface area contributed by atoms with Crippen LogP contribution in [-0.4, -0.2) is 30.6 Å². The van der Waals surface area contributed by atoms with Gasteiger partial charge in [0.05, 0.1) is 6.54 Å². The Kier molecular flexibility index (Phi) is 5.91. The van der Waals surface area contributed by atoms with E-state index in [1.54, 1.807) is 0 Å². The molecule has 0 aromatic heterocycles. The third-order valence-corrected chi connectivity index (χ3v) is 4.27. The average Bonchev–Trinajstić information content (AvgIpc) is 2.48. The van der Waals surface area contributed by atoms with E-state index in [1.807, 2.05) is 12.1 Å². The SMILES string of the molecule is C#CCN1CCC(NC(CC)c2ccc(Cl)cc2)CC1. The third kappa shape index (κ3) is 4.24. The average molecular weight is 291 g/mol. The number of halogens is 1. The van der Waals surface area contributed by atoms with Gasteiger partial charge in [0, 0.05) is 30.2 Å². The number of rotatable bonds is 5. The van der Waals surface area contributed by atoms with E-state index >= 15 is 0 Å². The zero-order chi connectivity index (χ0) is 14.4. The molecular weight excluding hydrogens is 268 g/mol. The second-order valence-electron chi connectivity index (χ2n) is 5.43. The van der Waals surface area contributed by atoms with Crippen LogP contribution < -0.4 is 5.32 Å². The van der Waals surface area contributed by atoms with Crippen LogP contribution in [0.1, 0.15) is 37.8 Å². The minimum Gasteiger partial charge on any atom is -0.307 e. The van der Waals surface area contributed by atoms with Crippen molar-refractivity contribution in [2.24, 2.45) is 0 Å². The molecule has 0 amide bonds. The molecular formula is C17H23ClN2. The molecule has 2 rings (SSSR count). The van der Waals surface area contributed by atoms with Gasteiger partial charge in [-0.25, -0.2) is 0 Å². The van der Waals surface area contributed by atoms with Crippen LogP contribution in [0.15, 0.2) is 24.3 Å². The molecule has 3 heteroatoms. The van der Waals surface area contributed by atoms with Crippen LogP contribution in [0, 0.1) is 12.3 Å². The van der Waals surface area contributed by atoms with Crippen LogP contribution >= 0.6 is 11.6 Å². The predicted molar refractivity (Wildman–Crippen MR) is 85.9 cm³/mol. The monoisotopic (exact) mass is 290 g/mol. The maximum atomic E-state index is 5.96. The highest BCUT2D eigenvalue weighted by molar-refractivity contribution is 6.30. The van der Waals surface area contributed by atoms with Crippen molar-refractivity contribution in [3.63, 3.8) is 0 Å². The van der Waals surface area contributed by atoms with Gasteiger partial charge in [0.2, 0.25) is 0 Å². The van der Waals surface area contributed by atoms with Crippen LogP contribution in [0.3, 0.4) is 0 Å². The van der Waals surface area contributed by atoms with E-state index in [9.17, 15) is 0 Å². The number of likely N-dealkylation sites (tertiary alicyclic amines) is 1. The lowest BCUT2D eigenvalue weighted by Gasteiger charge is -2.33. The lowest BCUT2D eigenvalue weighted by molar-refractivity contribution is 0.208. The van der Waals surface area contributed by atoms with Crippen LogP contribution in [-0.2, 0) is 0 Å². The smallest absolute Gasteiger partial charge is 0.0598 e. The molecule has 1 fully saturated rings. The quantitative estimate of drug-likeness (QED) is 0.835. The lowest BCUT2D eigenvalue weighted by atomic mass is 9.99. The number of terminal acetylenes is 1. The van der Waals surface area contributed by atoms with E-state index in [1.165, 1.54) is 18.4 Å². The van der Waals surface area contributed by atoms with Crippen molar-refractivity contribution in [3.05, 3.63) is 34.9 Å². The summed E-state index contributed by atoms with van der Waals surface area (Å²) in [5, 5.41) is 4.58. The van der Waals surface area contributed by atoms with E-state index in [0.29, 0.717) is 12.1 Å². The second kappa shape index (κ2) is 7.69. The Bertz CT molecular complexity index is 441. The second-order valence-corrected chi connectivity index (χ2v) is 5.87. The van der Waals surface area contributed by atoms with Gasteiger partial charge in [-0.2, -0.15) is 0 Å². The summed E-state index contributed by atoms with van der Waals surface area (Å²) in [4.78, 5) is 2.35. The molecule has 0 radical (unpaired) electrons. The summed E-state index contributed by atoms with van der Waals surface area (Å²) < 4.78 is 0. The Morgan fingerprint density at radius 3 is 2.55 bits per heavy atom. The maximum absolute atomic E-state index is 5.96. The molecule has 2 nitrogen and oxygen atoms in total. The maximum Gasteiger partial charge on any atom is 0.0598 e. The van der Waals surface area contributed by atoms with Gasteiger partial charge >= 0.3 is 0 Å². The van der Waals surface area contributed by atoms with Gasteiger partial charge in [-0.1, -0.05) is 36.6 Å². The van der Waals surface area contributed by atoms with Crippen LogP contribution in [0.2, 0.25) is 5.02 Å². The normalized spacial score (nSPS) is 18.6. The summed E-state index contributed by atoms with van der Waals surface area (Å²) in [7, 11) is 0. The van der Waals surface area contributed by atoms with E-state index < -0.39 is 0 Å². The van der Waals surface area contributed by atoms with Crippen LogP contribution in [0.5, 0.6) is 0 Å². The van der Waals surface area contributed by atoms with E-state index in [0.717, 1.165) is 31.1 Å². The lowest BCUT2D eigenvalue weighted by Crippen LogP contribution is -2.43. The van der Waals surface area contributed by atoms with Crippen molar-refractivity contribution >= 4 is 11.6 Å². The van der Waals surface area contributed by atoms with Crippen molar-refractivity contribution in [3.8, 4) is 12.3 Å². The zero-order valence-corrected chi connectivity index (χ0v) is 12.9. The number of nitrogens with one attached hydrogen (secondary N) is 1. The summed E-state index contributed by atoms with van der Waals surface area (Å²) in [5.41, 5.74) is 1.32. The zero-order valence-electron chi connectivity index (χ0n) is 12.1. The van der Waals surface area contributed by atoms with Crippen LogP contribution in [0.4, 0.5) is 0 Å². The molecule has 0 aliphatic carbocycles. The molecule has 1 aromatic rings. The number of piperidine rings is 1. The van der Waals surface area contributed by atoms with Crippen molar-refractivity contribution in [1.29, 1.82) is 0 Å². The number of hydrogen-bond donors (Lipinski definition) is 1. The van der Waals surface area contributed by atoms with Gasteiger partial charge in [-0.3, -0.25) is 4.90 Å². The Labute approximate surface area is 127 Å². The molecule has 1 saturated heterocycles. The summed E-state index contributed by atoms with van der Waals surface area (Å²) >= 11 is 5.96. The van der Waals surface area contributed by atoms with Crippen LogP contribution in [0.25, 0.3) is 0 Å². The van der Waals surface area contributed by atoms with Crippen molar-refractivity contribution in [2.45, 2.75) is 38.3 Å². The molecule has 1 aliphatic heterocycles. The van der Waals surface area contributed by atoms with Gasteiger partial charge in [0.15, 0.2) is 0 Å². The molecule has 108 valence electrons. The highest BCUT2D eigenvalue weighted by Gasteiger charge is 2.21. The minimum atomic E-state index is 0.413. The van der Waals surface area contributed by atoms with E-state index in [2.05, 4.69) is 35.2 Å². The van der Waals surface area contributed by atoms with Gasteiger partial charge in [-0.05, 0) is 37.0 Å². The molecule has 20 heavy (non-hydrogen) atoms. The van der Waals surface area contributed by atoms with Crippen molar-refractivity contribution in [1.82, 2.24) is 10.2 Å². The summed E-state index contributed by atoms with van der Waals surface area (Å²) in [6.07, 6.45) is 8.80. The Morgan fingerprint density at radius 2 is 2.00 bits per heavy atom. The fraction of sp³-hybridized carbons (Fsp3) is 0.529. The first kappa shape index (κ1) is 15.4. The van der Waals surface area contributed by atoms with Gasteiger partial charge in [0.25, 0.3) is 0 Å². The Morgan fingerprint density at radius 1 is 1.35 bits per heavy atom. The molecule has 0 bridgehead atoms. The molecule has 1 atom stereocenters.